The molecule has 21 heavy (non-hydrogen) atoms. The van der Waals surface area contributed by atoms with E-state index in [4.69, 9.17) is 9.84 Å². The first-order valence-electron chi connectivity index (χ1n) is 6.78. The van der Waals surface area contributed by atoms with E-state index in [0.717, 1.165) is 0 Å². The van der Waals surface area contributed by atoms with Gasteiger partial charge in [-0.2, -0.15) is 0 Å². The lowest BCUT2D eigenvalue weighted by molar-refractivity contribution is -0.171. The van der Waals surface area contributed by atoms with Gasteiger partial charge in [-0.15, -0.1) is 0 Å². The number of carboxylic acids is 1. The van der Waals surface area contributed by atoms with E-state index in [2.05, 4.69) is 4.98 Å². The molecule has 2 rings (SSSR count). The number of carbonyl (C=O) groups excluding carboxylic acids is 1. The second-order valence-corrected chi connectivity index (χ2v) is 6.52. The van der Waals surface area contributed by atoms with Crippen LogP contribution < -0.4 is 0 Å². The lowest BCUT2D eigenvalue weighted by Crippen LogP contribution is -2.58. The van der Waals surface area contributed by atoms with Crippen LogP contribution in [0, 0.1) is 0 Å². The zero-order valence-corrected chi connectivity index (χ0v) is 12.7. The molecule has 6 heteroatoms. The summed E-state index contributed by atoms with van der Waals surface area (Å²) in [6.45, 7) is 8.58. The maximum Gasteiger partial charge on any atom is 0.335 e. The summed E-state index contributed by atoms with van der Waals surface area (Å²) in [5.74, 6) is -1.35. The second kappa shape index (κ2) is 5.11. The topological polar surface area (TPSA) is 79.7 Å². The summed E-state index contributed by atoms with van der Waals surface area (Å²) in [5, 5.41) is 8.99. The first-order valence-corrected chi connectivity index (χ1v) is 6.78. The van der Waals surface area contributed by atoms with Gasteiger partial charge in [-0.3, -0.25) is 9.78 Å². The molecule has 1 aromatic rings. The third-order valence-corrected chi connectivity index (χ3v) is 3.21. The summed E-state index contributed by atoms with van der Waals surface area (Å²) in [5.41, 5.74) is -0.715. The molecule has 0 aliphatic carbocycles. The van der Waals surface area contributed by atoms with Crippen LogP contribution in [0.2, 0.25) is 0 Å². The maximum atomic E-state index is 12.6. The first-order chi connectivity index (χ1) is 9.60. The Morgan fingerprint density at radius 2 is 1.81 bits per heavy atom. The molecule has 1 saturated heterocycles. The van der Waals surface area contributed by atoms with Gasteiger partial charge in [-0.1, -0.05) is 0 Å². The van der Waals surface area contributed by atoms with Crippen LogP contribution >= 0.6 is 0 Å². The Labute approximate surface area is 123 Å². The molecule has 1 aliphatic heterocycles. The van der Waals surface area contributed by atoms with Gasteiger partial charge in [0.15, 0.2) is 0 Å². The van der Waals surface area contributed by atoms with Gasteiger partial charge in [0.05, 0.1) is 16.8 Å². The number of hydrogen-bond acceptors (Lipinski definition) is 4. The highest BCUT2D eigenvalue weighted by Crippen LogP contribution is 2.28. The van der Waals surface area contributed by atoms with Crippen molar-refractivity contribution in [2.75, 3.05) is 13.1 Å². The van der Waals surface area contributed by atoms with Gasteiger partial charge in [-0.05, 0) is 39.8 Å². The molecule has 2 heterocycles. The smallest absolute Gasteiger partial charge is 0.335 e. The minimum absolute atomic E-state index is 0.0557. The van der Waals surface area contributed by atoms with E-state index in [1.807, 2.05) is 27.7 Å². The normalized spacial score (nSPS) is 20.1. The quantitative estimate of drug-likeness (QED) is 0.899. The molecular weight excluding hydrogens is 272 g/mol. The first kappa shape index (κ1) is 15.4. The minimum Gasteiger partial charge on any atom is -0.478 e. The van der Waals surface area contributed by atoms with E-state index >= 15 is 0 Å². The molecule has 0 unspecified atom stereocenters. The molecule has 0 saturated carbocycles. The standard InChI is InChI=1S/C15H20N2O4/c1-14(2)8-17(9-15(3,4)21-14)12(18)11-7-10(13(19)20)5-6-16-11/h5-7H,8-9H2,1-4H3,(H,19,20). The molecule has 0 aromatic carbocycles. The van der Waals surface area contributed by atoms with E-state index in [-0.39, 0.29) is 17.2 Å². The van der Waals surface area contributed by atoms with Gasteiger partial charge < -0.3 is 14.7 Å². The molecule has 1 fully saturated rings. The number of pyridine rings is 1. The minimum atomic E-state index is -1.07. The van der Waals surface area contributed by atoms with E-state index in [9.17, 15) is 9.59 Å². The number of nitrogens with zero attached hydrogens (tertiary/aromatic N) is 2. The van der Waals surface area contributed by atoms with Crippen molar-refractivity contribution in [1.29, 1.82) is 0 Å². The Bertz CT molecular complexity index is 565. The predicted octanol–water partition coefficient (Wildman–Crippen LogP) is 1.81. The summed E-state index contributed by atoms with van der Waals surface area (Å²) >= 11 is 0. The number of rotatable bonds is 2. The molecular formula is C15H20N2O4. The third-order valence-electron chi connectivity index (χ3n) is 3.21. The van der Waals surface area contributed by atoms with Crippen molar-refractivity contribution in [2.24, 2.45) is 0 Å². The third kappa shape index (κ3) is 3.58. The zero-order valence-electron chi connectivity index (χ0n) is 12.7. The van der Waals surface area contributed by atoms with Crippen molar-refractivity contribution >= 4 is 11.9 Å². The maximum absolute atomic E-state index is 12.6. The van der Waals surface area contributed by atoms with E-state index in [1.165, 1.54) is 18.3 Å². The van der Waals surface area contributed by atoms with Gasteiger partial charge in [0.25, 0.3) is 5.91 Å². The summed E-state index contributed by atoms with van der Waals surface area (Å²) in [7, 11) is 0. The van der Waals surface area contributed by atoms with Crippen molar-refractivity contribution in [3.05, 3.63) is 29.6 Å². The van der Waals surface area contributed by atoms with Crippen LogP contribution in [-0.4, -0.2) is 51.2 Å². The fourth-order valence-electron chi connectivity index (χ4n) is 2.77. The fourth-order valence-corrected chi connectivity index (χ4v) is 2.77. The van der Waals surface area contributed by atoms with Gasteiger partial charge in [0.2, 0.25) is 0 Å². The number of morpholine rings is 1. The van der Waals surface area contributed by atoms with Crippen LogP contribution in [0.5, 0.6) is 0 Å². The monoisotopic (exact) mass is 292 g/mol. The number of aromatic nitrogens is 1. The van der Waals surface area contributed by atoms with E-state index < -0.39 is 17.2 Å². The fraction of sp³-hybridized carbons (Fsp3) is 0.533. The molecule has 1 aliphatic rings. The van der Waals surface area contributed by atoms with E-state index in [0.29, 0.717) is 13.1 Å². The number of amides is 1. The molecule has 0 radical (unpaired) electrons. The molecule has 1 amide bonds. The Morgan fingerprint density at radius 1 is 1.24 bits per heavy atom. The summed E-state index contributed by atoms with van der Waals surface area (Å²) in [6, 6.07) is 2.67. The average Bonchev–Trinajstić information content (AvgIpc) is 2.34. The number of carbonyl (C=O) groups is 2. The highest BCUT2D eigenvalue weighted by Gasteiger charge is 2.40. The highest BCUT2D eigenvalue weighted by molar-refractivity contribution is 5.95. The Morgan fingerprint density at radius 3 is 2.33 bits per heavy atom. The molecule has 0 bridgehead atoms. The van der Waals surface area contributed by atoms with Crippen LogP contribution in [-0.2, 0) is 4.74 Å². The number of hydrogen-bond donors (Lipinski definition) is 1. The summed E-state index contributed by atoms with van der Waals surface area (Å²) < 4.78 is 5.93. The molecule has 6 nitrogen and oxygen atoms in total. The second-order valence-electron chi connectivity index (χ2n) is 6.52. The van der Waals surface area contributed by atoms with Crippen molar-refractivity contribution in [3.63, 3.8) is 0 Å². The van der Waals surface area contributed by atoms with Crippen LogP contribution in [0.4, 0.5) is 0 Å². The van der Waals surface area contributed by atoms with Crippen molar-refractivity contribution in [2.45, 2.75) is 38.9 Å². The van der Waals surface area contributed by atoms with Crippen LogP contribution in [0.25, 0.3) is 0 Å². The zero-order chi connectivity index (χ0) is 15.8. The van der Waals surface area contributed by atoms with Gasteiger partial charge in [0.1, 0.15) is 5.69 Å². The van der Waals surface area contributed by atoms with Crippen molar-refractivity contribution in [1.82, 2.24) is 9.88 Å². The van der Waals surface area contributed by atoms with Crippen LogP contribution in [0.1, 0.15) is 48.5 Å². The lowest BCUT2D eigenvalue weighted by atomic mass is 9.98. The number of ether oxygens (including phenoxy) is 1. The largest absolute Gasteiger partial charge is 0.478 e. The molecule has 0 atom stereocenters. The predicted molar refractivity (Wildman–Crippen MR) is 76.3 cm³/mol. The van der Waals surface area contributed by atoms with E-state index in [1.54, 1.807) is 4.90 Å². The molecule has 1 aromatic heterocycles. The van der Waals surface area contributed by atoms with Crippen LogP contribution in [0.3, 0.4) is 0 Å². The summed E-state index contributed by atoms with van der Waals surface area (Å²) in [4.78, 5) is 29.2. The van der Waals surface area contributed by atoms with Crippen molar-refractivity contribution in [3.8, 4) is 0 Å². The van der Waals surface area contributed by atoms with Gasteiger partial charge >= 0.3 is 5.97 Å². The molecule has 1 N–H and O–H groups in total. The summed E-state index contributed by atoms with van der Waals surface area (Å²) in [6.07, 6.45) is 1.34. The number of aromatic carboxylic acids is 1. The Balaban J connectivity index is 2.27. The Hall–Kier alpha value is -1.95. The SMILES string of the molecule is CC1(C)CN(C(=O)c2cc(C(=O)O)ccn2)CC(C)(C)O1. The van der Waals surface area contributed by atoms with Crippen LogP contribution in [0.15, 0.2) is 18.3 Å². The van der Waals surface area contributed by atoms with Gasteiger partial charge in [-0.25, -0.2) is 4.79 Å². The molecule has 0 spiro atoms. The lowest BCUT2D eigenvalue weighted by Gasteiger charge is -2.47. The number of carboxylic acid groups (broad SMARTS) is 1. The highest BCUT2D eigenvalue weighted by atomic mass is 16.5. The molecule has 114 valence electrons. The Kier molecular flexibility index (Phi) is 3.76. The average molecular weight is 292 g/mol. The van der Waals surface area contributed by atoms with Gasteiger partial charge in [0, 0.05) is 19.3 Å². The van der Waals surface area contributed by atoms with Crippen molar-refractivity contribution < 1.29 is 19.4 Å².